The van der Waals surface area contributed by atoms with Gasteiger partial charge < -0.3 is 10.1 Å². The van der Waals surface area contributed by atoms with Crippen molar-refractivity contribution in [3.63, 3.8) is 0 Å². The Hall–Kier alpha value is -1.51. The third-order valence-corrected chi connectivity index (χ3v) is 3.10. The minimum absolute atomic E-state index is 0.0725. The molecular weight excluding hydrogens is 202 g/mol. The summed E-state index contributed by atoms with van der Waals surface area (Å²) in [6, 6.07) is 4.01. The number of benzene rings is 1. The summed E-state index contributed by atoms with van der Waals surface area (Å²) in [4.78, 5) is 11.7. The number of hydrogen-bond acceptors (Lipinski definition) is 2. The molecule has 1 amide bonds. The fourth-order valence-corrected chi connectivity index (χ4v) is 2.18. The molecule has 0 radical (unpaired) electrons. The van der Waals surface area contributed by atoms with Gasteiger partial charge in [0.25, 0.3) is 5.91 Å². The summed E-state index contributed by atoms with van der Waals surface area (Å²) in [6.07, 6.45) is 1.05. The Morgan fingerprint density at radius 3 is 2.94 bits per heavy atom. The molecule has 1 heterocycles. The van der Waals surface area contributed by atoms with Crippen LogP contribution in [-0.4, -0.2) is 19.6 Å². The molecular formula is C13H17NO2. The minimum atomic E-state index is -0.0725. The summed E-state index contributed by atoms with van der Waals surface area (Å²) < 4.78 is 5.65. The molecule has 0 saturated heterocycles. The number of nitrogens with one attached hydrogen (secondary N) is 1. The van der Waals surface area contributed by atoms with E-state index in [2.05, 4.69) is 18.3 Å². The summed E-state index contributed by atoms with van der Waals surface area (Å²) in [5.74, 6) is 1.13. The van der Waals surface area contributed by atoms with E-state index in [0.29, 0.717) is 18.1 Å². The Balaban J connectivity index is 2.52. The summed E-state index contributed by atoms with van der Waals surface area (Å²) in [5.41, 5.74) is 2.95. The highest BCUT2D eigenvalue weighted by Crippen LogP contribution is 2.39. The first kappa shape index (κ1) is 11.0. The lowest BCUT2D eigenvalue weighted by Gasteiger charge is -2.09. The Bertz CT molecular complexity index is 426. The molecule has 3 nitrogen and oxygen atoms in total. The van der Waals surface area contributed by atoms with Crippen molar-refractivity contribution in [2.75, 3.05) is 13.7 Å². The molecule has 1 N–H and O–H groups in total. The molecule has 0 fully saturated rings. The second-order valence-electron chi connectivity index (χ2n) is 4.23. The number of rotatable bonds is 2. The molecule has 0 aromatic heterocycles. The fraction of sp³-hybridized carbons (Fsp3) is 0.462. The van der Waals surface area contributed by atoms with Crippen LogP contribution in [0.2, 0.25) is 0 Å². The van der Waals surface area contributed by atoms with Crippen LogP contribution in [0.1, 0.15) is 40.7 Å². The second-order valence-corrected chi connectivity index (χ2v) is 4.23. The number of hydrogen-bond donors (Lipinski definition) is 1. The van der Waals surface area contributed by atoms with E-state index in [1.807, 2.05) is 13.0 Å². The summed E-state index contributed by atoms with van der Waals surface area (Å²) in [6.45, 7) is 4.85. The molecule has 86 valence electrons. The monoisotopic (exact) mass is 219 g/mol. The largest absolute Gasteiger partial charge is 0.492 e. The highest BCUT2D eigenvalue weighted by atomic mass is 16.5. The lowest BCUT2D eigenvalue weighted by Crippen LogP contribution is -2.18. The van der Waals surface area contributed by atoms with Gasteiger partial charge in [-0.15, -0.1) is 0 Å². The quantitative estimate of drug-likeness (QED) is 0.828. The number of fused-ring (bicyclic) bond motifs is 1. The van der Waals surface area contributed by atoms with E-state index in [-0.39, 0.29) is 5.91 Å². The molecule has 1 aromatic carbocycles. The molecule has 0 bridgehead atoms. The zero-order valence-electron chi connectivity index (χ0n) is 9.96. The zero-order chi connectivity index (χ0) is 11.7. The van der Waals surface area contributed by atoms with E-state index in [9.17, 15) is 4.79 Å². The second kappa shape index (κ2) is 4.16. The van der Waals surface area contributed by atoms with Gasteiger partial charge in [0.05, 0.1) is 12.2 Å². The van der Waals surface area contributed by atoms with Gasteiger partial charge >= 0.3 is 0 Å². The Labute approximate surface area is 95.8 Å². The van der Waals surface area contributed by atoms with Gasteiger partial charge in [-0.2, -0.15) is 0 Å². The van der Waals surface area contributed by atoms with Crippen molar-refractivity contribution < 1.29 is 9.53 Å². The Kier molecular flexibility index (Phi) is 2.86. The van der Waals surface area contributed by atoms with Crippen LogP contribution in [0.5, 0.6) is 5.75 Å². The molecule has 1 aliphatic heterocycles. The smallest absolute Gasteiger partial charge is 0.254 e. The third-order valence-electron chi connectivity index (χ3n) is 3.10. The van der Waals surface area contributed by atoms with Crippen LogP contribution in [0.4, 0.5) is 0 Å². The van der Waals surface area contributed by atoms with Crippen molar-refractivity contribution in [2.45, 2.75) is 26.2 Å². The minimum Gasteiger partial charge on any atom is -0.492 e. The number of amides is 1. The lowest BCUT2D eigenvalue weighted by atomic mass is 9.94. The van der Waals surface area contributed by atoms with Crippen LogP contribution in [0.15, 0.2) is 12.1 Å². The molecule has 1 aromatic rings. The third kappa shape index (κ3) is 1.66. The average molecular weight is 219 g/mol. The summed E-state index contributed by atoms with van der Waals surface area (Å²) in [5, 5.41) is 2.65. The lowest BCUT2D eigenvalue weighted by molar-refractivity contribution is 0.0960. The number of aryl methyl sites for hydroxylation is 1. The van der Waals surface area contributed by atoms with Gasteiger partial charge in [0.2, 0.25) is 0 Å². The summed E-state index contributed by atoms with van der Waals surface area (Å²) in [7, 11) is 1.64. The van der Waals surface area contributed by atoms with Gasteiger partial charge in [-0.05, 0) is 25.0 Å². The first-order valence-corrected chi connectivity index (χ1v) is 5.66. The molecule has 0 saturated carbocycles. The zero-order valence-corrected chi connectivity index (χ0v) is 9.96. The molecule has 0 aliphatic carbocycles. The van der Waals surface area contributed by atoms with Crippen LogP contribution in [0.25, 0.3) is 0 Å². The number of ether oxygens (including phenoxy) is 1. The van der Waals surface area contributed by atoms with Crippen molar-refractivity contribution in [3.8, 4) is 5.75 Å². The van der Waals surface area contributed by atoms with E-state index in [1.165, 1.54) is 5.56 Å². The van der Waals surface area contributed by atoms with Gasteiger partial charge in [-0.25, -0.2) is 0 Å². The maximum absolute atomic E-state index is 11.7. The Morgan fingerprint density at radius 2 is 2.31 bits per heavy atom. The first-order chi connectivity index (χ1) is 7.67. The van der Waals surface area contributed by atoms with Crippen LogP contribution in [-0.2, 0) is 0 Å². The van der Waals surface area contributed by atoms with Crippen molar-refractivity contribution in [2.24, 2.45) is 0 Å². The standard InChI is InChI=1S/C13H17NO2/c1-4-9-7-16-12-10(9)5-8(2)6-11(12)13(15)14-3/h5-6,9H,4,7H2,1-3H3,(H,14,15). The SMILES string of the molecule is CCC1COc2c(C(=O)NC)cc(C)cc21. The molecule has 3 heteroatoms. The molecule has 1 atom stereocenters. The predicted octanol–water partition coefficient (Wildman–Crippen LogP) is 2.24. The van der Waals surface area contributed by atoms with E-state index in [1.54, 1.807) is 7.05 Å². The number of carbonyl (C=O) groups is 1. The van der Waals surface area contributed by atoms with Gasteiger partial charge in [0, 0.05) is 18.5 Å². The maximum Gasteiger partial charge on any atom is 0.254 e. The van der Waals surface area contributed by atoms with E-state index >= 15 is 0 Å². The van der Waals surface area contributed by atoms with Gasteiger partial charge in [0.15, 0.2) is 0 Å². The van der Waals surface area contributed by atoms with Crippen LogP contribution >= 0.6 is 0 Å². The number of carbonyl (C=O) groups excluding carboxylic acids is 1. The first-order valence-electron chi connectivity index (χ1n) is 5.66. The van der Waals surface area contributed by atoms with E-state index < -0.39 is 0 Å². The Morgan fingerprint density at radius 1 is 1.56 bits per heavy atom. The van der Waals surface area contributed by atoms with Crippen LogP contribution in [0, 0.1) is 6.92 Å². The molecule has 2 rings (SSSR count). The molecule has 16 heavy (non-hydrogen) atoms. The normalized spacial score (nSPS) is 17.8. The van der Waals surface area contributed by atoms with Gasteiger partial charge in [-0.3, -0.25) is 4.79 Å². The van der Waals surface area contributed by atoms with Crippen molar-refractivity contribution in [1.82, 2.24) is 5.32 Å². The molecule has 1 unspecified atom stereocenters. The topological polar surface area (TPSA) is 38.3 Å². The van der Waals surface area contributed by atoms with Crippen LogP contribution in [0.3, 0.4) is 0 Å². The van der Waals surface area contributed by atoms with Crippen molar-refractivity contribution in [3.05, 3.63) is 28.8 Å². The average Bonchev–Trinajstić information content (AvgIpc) is 2.69. The molecule has 1 aliphatic rings. The van der Waals surface area contributed by atoms with Crippen molar-refractivity contribution >= 4 is 5.91 Å². The predicted molar refractivity (Wildman–Crippen MR) is 63.1 cm³/mol. The highest BCUT2D eigenvalue weighted by molar-refractivity contribution is 5.97. The maximum atomic E-state index is 11.7. The van der Waals surface area contributed by atoms with Crippen LogP contribution < -0.4 is 10.1 Å². The van der Waals surface area contributed by atoms with Gasteiger partial charge in [0.1, 0.15) is 5.75 Å². The van der Waals surface area contributed by atoms with Crippen molar-refractivity contribution in [1.29, 1.82) is 0 Å². The van der Waals surface area contributed by atoms with E-state index in [4.69, 9.17) is 4.74 Å². The highest BCUT2D eigenvalue weighted by Gasteiger charge is 2.27. The summed E-state index contributed by atoms with van der Waals surface area (Å²) >= 11 is 0. The fourth-order valence-electron chi connectivity index (χ4n) is 2.18. The van der Waals surface area contributed by atoms with E-state index in [0.717, 1.165) is 17.7 Å². The van der Waals surface area contributed by atoms with Gasteiger partial charge in [-0.1, -0.05) is 13.0 Å². The molecule has 0 spiro atoms.